The summed E-state index contributed by atoms with van der Waals surface area (Å²) < 4.78 is 34.2. The van der Waals surface area contributed by atoms with Gasteiger partial charge in [0.2, 0.25) is 5.43 Å². The Kier molecular flexibility index (Phi) is 4.20. The van der Waals surface area contributed by atoms with E-state index in [2.05, 4.69) is 5.32 Å². The van der Waals surface area contributed by atoms with Crippen LogP contribution in [-0.2, 0) is 17.0 Å². The lowest BCUT2D eigenvalue weighted by Crippen LogP contribution is -2.54. The van der Waals surface area contributed by atoms with Crippen LogP contribution in [0.25, 0.3) is 0 Å². The summed E-state index contributed by atoms with van der Waals surface area (Å²) in [6.45, 7) is 2.07. The van der Waals surface area contributed by atoms with Crippen LogP contribution in [0.1, 0.15) is 39.8 Å². The van der Waals surface area contributed by atoms with Crippen LogP contribution in [0, 0.1) is 17.6 Å². The Morgan fingerprint density at radius 3 is 2.87 bits per heavy atom. The van der Waals surface area contributed by atoms with Crippen molar-refractivity contribution in [2.24, 2.45) is 5.92 Å². The Hall–Kier alpha value is -3.27. The third kappa shape index (κ3) is 3.01. The third-order valence-corrected chi connectivity index (χ3v) is 6.21. The minimum Gasteiger partial charge on any atom is -0.503 e. The molecule has 1 aromatic carbocycles. The Labute approximate surface area is 175 Å². The number of rotatable bonds is 3. The highest BCUT2D eigenvalue weighted by Gasteiger charge is 2.55. The smallest absolute Gasteiger partial charge is 0.275 e. The Balaban J connectivity index is 1.50. The van der Waals surface area contributed by atoms with Gasteiger partial charge in [-0.2, -0.15) is 0 Å². The van der Waals surface area contributed by atoms with E-state index in [0.717, 1.165) is 12.5 Å². The summed E-state index contributed by atoms with van der Waals surface area (Å²) >= 11 is 0. The summed E-state index contributed by atoms with van der Waals surface area (Å²) in [5.74, 6) is -3.56. The van der Waals surface area contributed by atoms with Gasteiger partial charge in [0.25, 0.3) is 11.8 Å². The molecule has 10 heteroatoms. The van der Waals surface area contributed by atoms with Gasteiger partial charge in [0, 0.05) is 36.3 Å². The molecule has 1 aliphatic carbocycles. The van der Waals surface area contributed by atoms with Gasteiger partial charge in [-0.05, 0) is 19.4 Å². The van der Waals surface area contributed by atoms with E-state index in [1.807, 2.05) is 0 Å². The lowest BCUT2D eigenvalue weighted by Gasteiger charge is -2.42. The largest absolute Gasteiger partial charge is 0.503 e. The molecule has 2 amide bonds. The van der Waals surface area contributed by atoms with Crippen LogP contribution >= 0.6 is 0 Å². The van der Waals surface area contributed by atoms with E-state index in [-0.39, 0.29) is 36.3 Å². The number of hydrogen-bond acceptors (Lipinski definition) is 5. The number of hydrogen-bond donors (Lipinski definition) is 2. The standard InChI is InChI=1S/C21H19F2N3O5/c1-21-9-25(15-4-11(15)8-31-21)20(30)16-18(28)17(27)13(7-26(16)21)19(29)24-6-10-2-3-12(22)5-14(10)23/h2-3,5,7,11,15,28H,4,6,8-9H2,1H3,(H,24,29). The maximum absolute atomic E-state index is 13.8. The van der Waals surface area contributed by atoms with Crippen molar-refractivity contribution in [3.05, 3.63) is 63.1 Å². The van der Waals surface area contributed by atoms with Gasteiger partial charge in [0.1, 0.15) is 17.2 Å². The zero-order valence-corrected chi connectivity index (χ0v) is 16.5. The molecule has 31 heavy (non-hydrogen) atoms. The van der Waals surface area contributed by atoms with Gasteiger partial charge in [-0.1, -0.05) is 6.07 Å². The van der Waals surface area contributed by atoms with Gasteiger partial charge in [0.05, 0.1) is 13.2 Å². The number of fused-ring (bicyclic) bond motifs is 6. The van der Waals surface area contributed by atoms with E-state index in [4.69, 9.17) is 4.74 Å². The maximum atomic E-state index is 13.8. The maximum Gasteiger partial charge on any atom is 0.275 e. The molecular weight excluding hydrogens is 412 g/mol. The number of carbonyl (C=O) groups excluding carboxylic acids is 2. The number of aromatic hydroxyl groups is 1. The van der Waals surface area contributed by atoms with Gasteiger partial charge < -0.3 is 24.6 Å². The van der Waals surface area contributed by atoms with Crippen molar-refractivity contribution in [2.75, 3.05) is 13.2 Å². The van der Waals surface area contributed by atoms with Crippen molar-refractivity contribution < 1.29 is 28.2 Å². The Morgan fingerprint density at radius 1 is 1.35 bits per heavy atom. The first-order chi connectivity index (χ1) is 14.7. The normalized spacial score (nSPS) is 26.0. The molecule has 2 fully saturated rings. The number of amides is 2. The second-order valence-corrected chi connectivity index (χ2v) is 8.34. The molecular formula is C21H19F2N3O5. The molecule has 0 radical (unpaired) electrons. The first-order valence-electron chi connectivity index (χ1n) is 9.86. The van der Waals surface area contributed by atoms with Crippen LogP contribution in [0.5, 0.6) is 5.75 Å². The van der Waals surface area contributed by atoms with Crippen molar-refractivity contribution in [3.63, 3.8) is 0 Å². The van der Waals surface area contributed by atoms with Gasteiger partial charge in [-0.15, -0.1) is 0 Å². The first-order valence-corrected chi connectivity index (χ1v) is 9.86. The molecule has 3 heterocycles. The summed E-state index contributed by atoms with van der Waals surface area (Å²) in [7, 11) is 0. The van der Waals surface area contributed by atoms with Crippen LogP contribution in [0.4, 0.5) is 8.78 Å². The van der Waals surface area contributed by atoms with Crippen molar-refractivity contribution >= 4 is 11.8 Å². The molecule has 3 aliphatic rings. The van der Waals surface area contributed by atoms with Crippen LogP contribution < -0.4 is 10.7 Å². The van der Waals surface area contributed by atoms with Gasteiger partial charge in [0.15, 0.2) is 17.2 Å². The van der Waals surface area contributed by atoms with Gasteiger partial charge >= 0.3 is 0 Å². The summed E-state index contributed by atoms with van der Waals surface area (Å²) in [6, 6.07) is 2.94. The van der Waals surface area contributed by atoms with E-state index in [0.29, 0.717) is 12.7 Å². The number of aromatic nitrogens is 1. The third-order valence-electron chi connectivity index (χ3n) is 6.21. The second kappa shape index (κ2) is 6.61. The molecule has 2 N–H and O–H groups in total. The van der Waals surface area contributed by atoms with Crippen molar-refractivity contribution in [1.82, 2.24) is 14.8 Å². The molecule has 2 aromatic rings. The number of pyridine rings is 1. The Bertz CT molecular complexity index is 1200. The van der Waals surface area contributed by atoms with E-state index in [1.165, 1.54) is 16.8 Å². The molecule has 3 atom stereocenters. The molecule has 2 aliphatic heterocycles. The fraction of sp³-hybridized carbons (Fsp3) is 0.381. The van der Waals surface area contributed by atoms with Gasteiger partial charge in [-0.25, -0.2) is 8.78 Å². The highest BCUT2D eigenvalue weighted by atomic mass is 19.1. The minimum atomic E-state index is -1.06. The summed E-state index contributed by atoms with van der Waals surface area (Å²) in [4.78, 5) is 39.9. The van der Waals surface area contributed by atoms with Crippen LogP contribution in [0.2, 0.25) is 0 Å². The quantitative estimate of drug-likeness (QED) is 0.763. The van der Waals surface area contributed by atoms with Crippen LogP contribution in [-0.4, -0.2) is 45.6 Å². The topological polar surface area (TPSA) is 101 Å². The number of benzene rings is 1. The monoisotopic (exact) mass is 431 g/mol. The molecule has 1 saturated heterocycles. The molecule has 0 spiro atoms. The second-order valence-electron chi connectivity index (χ2n) is 8.34. The molecule has 5 rings (SSSR count). The number of ether oxygens (including phenoxy) is 1. The van der Waals surface area contributed by atoms with Gasteiger partial charge in [-0.3, -0.25) is 14.4 Å². The lowest BCUT2D eigenvalue weighted by molar-refractivity contribution is -0.107. The van der Waals surface area contributed by atoms with E-state index < -0.39 is 45.9 Å². The van der Waals surface area contributed by atoms with Crippen LogP contribution in [0.15, 0.2) is 29.2 Å². The fourth-order valence-corrected chi connectivity index (χ4v) is 4.34. The number of halogens is 2. The molecule has 8 nitrogen and oxygen atoms in total. The van der Waals surface area contributed by atoms with Crippen LogP contribution in [0.3, 0.4) is 0 Å². The highest BCUT2D eigenvalue weighted by Crippen LogP contribution is 2.45. The predicted octanol–water partition coefficient (Wildman–Crippen LogP) is 1.31. The highest BCUT2D eigenvalue weighted by molar-refractivity contribution is 5.99. The number of nitrogens with one attached hydrogen (secondary N) is 1. The fourth-order valence-electron chi connectivity index (χ4n) is 4.34. The first kappa shape index (κ1) is 19.7. The van der Waals surface area contributed by atoms with Crippen molar-refractivity contribution in [3.8, 4) is 5.75 Å². The zero-order chi connectivity index (χ0) is 22.1. The molecule has 1 saturated carbocycles. The summed E-state index contributed by atoms with van der Waals surface area (Å²) in [5.41, 5.74) is -2.66. The molecule has 2 bridgehead atoms. The predicted molar refractivity (Wildman–Crippen MR) is 102 cm³/mol. The molecule has 162 valence electrons. The summed E-state index contributed by atoms with van der Waals surface area (Å²) in [5, 5.41) is 12.9. The van der Waals surface area contributed by atoms with E-state index >= 15 is 0 Å². The average molecular weight is 431 g/mol. The van der Waals surface area contributed by atoms with E-state index in [9.17, 15) is 28.3 Å². The molecule has 3 unspecified atom stereocenters. The Morgan fingerprint density at radius 2 is 2.13 bits per heavy atom. The van der Waals surface area contributed by atoms with E-state index in [1.54, 1.807) is 11.8 Å². The number of nitrogens with zero attached hydrogens (tertiary/aromatic N) is 2. The summed E-state index contributed by atoms with van der Waals surface area (Å²) in [6.07, 6.45) is 2.01. The lowest BCUT2D eigenvalue weighted by atomic mass is 10.1. The average Bonchev–Trinajstić information content (AvgIpc) is 3.50. The SMILES string of the molecule is CC12CN(C(=O)c3c(O)c(=O)c(C(=O)NCc4ccc(F)cc4F)cn31)C1CC1CO2. The minimum absolute atomic E-state index is 0.0196. The molecule has 1 aromatic heterocycles. The number of carbonyl (C=O) groups is 2. The van der Waals surface area contributed by atoms with Crippen molar-refractivity contribution in [2.45, 2.75) is 31.7 Å². The van der Waals surface area contributed by atoms with Crippen molar-refractivity contribution in [1.29, 1.82) is 0 Å². The zero-order valence-electron chi connectivity index (χ0n) is 16.5.